The minimum Gasteiger partial charge on any atom is -0.478 e. The molecule has 0 fully saturated rings. The van der Waals surface area contributed by atoms with Gasteiger partial charge in [-0.2, -0.15) is 0 Å². The van der Waals surface area contributed by atoms with Gasteiger partial charge in [-0.15, -0.1) is 0 Å². The van der Waals surface area contributed by atoms with E-state index in [1.165, 1.54) is 13.3 Å². The summed E-state index contributed by atoms with van der Waals surface area (Å²) in [5.41, 5.74) is 1.13. The molecule has 0 saturated carbocycles. The monoisotopic (exact) mass is 270 g/mol. The van der Waals surface area contributed by atoms with Crippen LogP contribution in [0.2, 0.25) is 0 Å². The summed E-state index contributed by atoms with van der Waals surface area (Å²) in [7, 11) is 1.45. The van der Waals surface area contributed by atoms with Gasteiger partial charge in [-0.3, -0.25) is 4.98 Å². The second-order valence-corrected chi connectivity index (χ2v) is 4.08. The SMILES string of the molecule is COc1ncc(C(=O)O)c2cc(-c3cccnc3)oc12. The summed E-state index contributed by atoms with van der Waals surface area (Å²) in [5.74, 6) is -0.300. The minimum atomic E-state index is -1.07. The second kappa shape index (κ2) is 4.65. The molecule has 0 aliphatic carbocycles. The first-order valence-electron chi connectivity index (χ1n) is 5.81. The lowest BCUT2D eigenvalue weighted by molar-refractivity contribution is 0.0698. The number of methoxy groups -OCH3 is 1. The number of hydrogen-bond donors (Lipinski definition) is 1. The molecule has 6 nitrogen and oxygen atoms in total. The Bertz CT molecular complexity index is 780. The highest BCUT2D eigenvalue weighted by molar-refractivity contribution is 6.04. The van der Waals surface area contributed by atoms with Crippen molar-refractivity contribution in [2.45, 2.75) is 0 Å². The number of hydrogen-bond acceptors (Lipinski definition) is 5. The van der Waals surface area contributed by atoms with Crippen LogP contribution in [0.4, 0.5) is 0 Å². The summed E-state index contributed by atoms with van der Waals surface area (Å²) in [6, 6.07) is 5.25. The van der Waals surface area contributed by atoms with E-state index < -0.39 is 5.97 Å². The fourth-order valence-electron chi connectivity index (χ4n) is 1.97. The molecule has 1 N–H and O–H groups in total. The molecule has 0 spiro atoms. The lowest BCUT2D eigenvalue weighted by atomic mass is 10.1. The molecule has 0 aromatic carbocycles. The summed E-state index contributed by atoms with van der Waals surface area (Å²) in [6.45, 7) is 0. The second-order valence-electron chi connectivity index (χ2n) is 4.08. The standard InChI is InChI=1S/C14H10N2O4/c1-19-13-12-9(10(7-16-13)14(17)18)5-11(20-12)8-3-2-4-15-6-8/h2-7H,1H3,(H,17,18). The first-order chi connectivity index (χ1) is 9.70. The van der Waals surface area contributed by atoms with Crippen LogP contribution < -0.4 is 4.74 Å². The molecule has 20 heavy (non-hydrogen) atoms. The number of aromatic carboxylic acids is 1. The van der Waals surface area contributed by atoms with Gasteiger partial charge in [0, 0.05) is 29.5 Å². The van der Waals surface area contributed by atoms with Crippen molar-refractivity contribution in [1.29, 1.82) is 0 Å². The number of furan rings is 1. The van der Waals surface area contributed by atoms with Crippen LogP contribution in [0.5, 0.6) is 5.88 Å². The third-order valence-corrected chi connectivity index (χ3v) is 2.90. The number of fused-ring (bicyclic) bond motifs is 1. The third kappa shape index (κ3) is 1.87. The Morgan fingerprint density at radius 1 is 1.40 bits per heavy atom. The number of pyridine rings is 2. The average Bonchev–Trinajstić information content (AvgIpc) is 2.91. The van der Waals surface area contributed by atoms with E-state index in [4.69, 9.17) is 9.15 Å². The van der Waals surface area contributed by atoms with Crippen LogP contribution in [0.25, 0.3) is 22.3 Å². The van der Waals surface area contributed by atoms with Gasteiger partial charge < -0.3 is 14.3 Å². The van der Waals surface area contributed by atoms with Gasteiger partial charge in [-0.1, -0.05) is 0 Å². The van der Waals surface area contributed by atoms with Crippen LogP contribution in [0, 0.1) is 0 Å². The molecule has 0 amide bonds. The maximum atomic E-state index is 11.2. The molecule has 3 aromatic rings. The van der Waals surface area contributed by atoms with E-state index >= 15 is 0 Å². The van der Waals surface area contributed by atoms with Gasteiger partial charge >= 0.3 is 5.97 Å². The van der Waals surface area contributed by atoms with E-state index in [-0.39, 0.29) is 11.4 Å². The molecular formula is C14H10N2O4. The molecule has 3 rings (SSSR count). The van der Waals surface area contributed by atoms with E-state index in [2.05, 4.69) is 9.97 Å². The molecule has 3 heterocycles. The summed E-state index contributed by atoms with van der Waals surface area (Å²) in [6.07, 6.45) is 4.54. The molecule has 0 saturated heterocycles. The van der Waals surface area contributed by atoms with Crippen molar-refractivity contribution < 1.29 is 19.1 Å². The van der Waals surface area contributed by atoms with Gasteiger partial charge in [-0.25, -0.2) is 9.78 Å². The van der Waals surface area contributed by atoms with Crippen molar-refractivity contribution in [3.63, 3.8) is 0 Å². The zero-order chi connectivity index (χ0) is 14.1. The van der Waals surface area contributed by atoms with Gasteiger partial charge in [0.25, 0.3) is 5.88 Å². The van der Waals surface area contributed by atoms with E-state index in [0.717, 1.165) is 5.56 Å². The maximum absolute atomic E-state index is 11.2. The van der Waals surface area contributed by atoms with E-state index in [1.807, 2.05) is 6.07 Å². The van der Waals surface area contributed by atoms with Crippen molar-refractivity contribution in [3.05, 3.63) is 42.4 Å². The predicted molar refractivity (Wildman–Crippen MR) is 70.8 cm³/mol. The third-order valence-electron chi connectivity index (χ3n) is 2.90. The number of carboxylic acid groups (broad SMARTS) is 1. The first kappa shape index (κ1) is 12.2. The fraction of sp³-hybridized carbons (Fsp3) is 0.0714. The predicted octanol–water partition coefficient (Wildman–Crippen LogP) is 2.60. The highest BCUT2D eigenvalue weighted by Gasteiger charge is 2.18. The van der Waals surface area contributed by atoms with E-state index in [9.17, 15) is 9.90 Å². The number of rotatable bonds is 3. The molecule has 0 radical (unpaired) electrons. The van der Waals surface area contributed by atoms with Crippen LogP contribution in [0.1, 0.15) is 10.4 Å². The van der Waals surface area contributed by atoms with E-state index in [0.29, 0.717) is 16.7 Å². The Labute approximate surface area is 113 Å². The summed E-state index contributed by atoms with van der Waals surface area (Å²) < 4.78 is 10.8. The minimum absolute atomic E-state index is 0.0692. The zero-order valence-electron chi connectivity index (χ0n) is 10.5. The summed E-state index contributed by atoms with van der Waals surface area (Å²) in [4.78, 5) is 19.2. The average molecular weight is 270 g/mol. The molecule has 6 heteroatoms. The maximum Gasteiger partial charge on any atom is 0.338 e. The molecule has 0 aliphatic heterocycles. The number of ether oxygens (including phenoxy) is 1. The van der Waals surface area contributed by atoms with Crippen LogP contribution in [0.15, 0.2) is 41.2 Å². The molecule has 0 aliphatic rings. The fourth-order valence-corrected chi connectivity index (χ4v) is 1.97. The first-order valence-corrected chi connectivity index (χ1v) is 5.81. The van der Waals surface area contributed by atoms with Crippen molar-refractivity contribution in [1.82, 2.24) is 9.97 Å². The summed E-state index contributed by atoms with van der Waals surface area (Å²) in [5, 5.41) is 9.64. The van der Waals surface area contributed by atoms with Crippen LogP contribution in [-0.4, -0.2) is 28.2 Å². The molecule has 3 aromatic heterocycles. The smallest absolute Gasteiger partial charge is 0.338 e. The van der Waals surface area contributed by atoms with Crippen molar-refractivity contribution >= 4 is 16.9 Å². The lowest BCUT2D eigenvalue weighted by Gasteiger charge is -2.00. The Morgan fingerprint density at radius 2 is 2.25 bits per heavy atom. The lowest BCUT2D eigenvalue weighted by Crippen LogP contribution is -1.99. The highest BCUT2D eigenvalue weighted by Crippen LogP contribution is 2.33. The Kier molecular flexibility index (Phi) is 2.83. The van der Waals surface area contributed by atoms with Crippen molar-refractivity contribution in [2.24, 2.45) is 0 Å². The van der Waals surface area contributed by atoms with Crippen molar-refractivity contribution in [2.75, 3.05) is 7.11 Å². The normalized spacial score (nSPS) is 10.7. The van der Waals surface area contributed by atoms with Crippen LogP contribution in [0.3, 0.4) is 0 Å². The highest BCUT2D eigenvalue weighted by atomic mass is 16.5. The number of carbonyl (C=O) groups is 1. The van der Waals surface area contributed by atoms with Crippen LogP contribution in [-0.2, 0) is 0 Å². The largest absolute Gasteiger partial charge is 0.478 e. The van der Waals surface area contributed by atoms with Crippen molar-refractivity contribution in [3.8, 4) is 17.2 Å². The van der Waals surface area contributed by atoms with Gasteiger partial charge in [0.2, 0.25) is 0 Å². The van der Waals surface area contributed by atoms with Gasteiger partial charge in [0.15, 0.2) is 5.58 Å². The molecule has 0 atom stereocenters. The molecule has 100 valence electrons. The number of aromatic nitrogens is 2. The Morgan fingerprint density at radius 3 is 2.90 bits per heavy atom. The Balaban J connectivity index is 2.28. The summed E-state index contributed by atoms with van der Waals surface area (Å²) >= 11 is 0. The zero-order valence-corrected chi connectivity index (χ0v) is 10.5. The van der Waals surface area contributed by atoms with Gasteiger partial charge in [-0.05, 0) is 18.2 Å². The molecule has 0 unspecified atom stereocenters. The van der Waals surface area contributed by atoms with Gasteiger partial charge in [0.1, 0.15) is 5.76 Å². The quantitative estimate of drug-likeness (QED) is 0.787. The number of nitrogens with zero attached hydrogens (tertiary/aromatic N) is 2. The number of carboxylic acids is 1. The molecule has 0 bridgehead atoms. The topological polar surface area (TPSA) is 85.5 Å². The van der Waals surface area contributed by atoms with Crippen LogP contribution >= 0.6 is 0 Å². The van der Waals surface area contributed by atoms with E-state index in [1.54, 1.807) is 24.5 Å². The molecular weight excluding hydrogens is 260 g/mol. The Hall–Kier alpha value is -2.89. The van der Waals surface area contributed by atoms with Gasteiger partial charge in [0.05, 0.1) is 12.7 Å².